The van der Waals surface area contributed by atoms with E-state index in [9.17, 15) is 0 Å². The summed E-state index contributed by atoms with van der Waals surface area (Å²) >= 11 is 0. The minimum atomic E-state index is -2.95. The van der Waals surface area contributed by atoms with Crippen LogP contribution >= 0.6 is 0 Å². The molecule has 0 radical (unpaired) electrons. The third-order valence-electron chi connectivity index (χ3n) is 7.74. The molecule has 12 nitrogen and oxygen atoms in total. The molecule has 0 saturated heterocycles. The predicted molar refractivity (Wildman–Crippen MR) is 256 cm³/mol. The third-order valence-corrected chi connectivity index (χ3v) is 46.4. The van der Waals surface area contributed by atoms with E-state index < -0.39 is 85.1 Å². The molecule has 22 heteroatoms. The molecule has 0 aliphatic heterocycles. The molecule has 338 valence electrons. The van der Waals surface area contributed by atoms with Crippen LogP contribution in [0.2, 0.25) is 143 Å². The maximum atomic E-state index is 7.48. The van der Waals surface area contributed by atoms with Gasteiger partial charge in [0, 0.05) is 39.6 Å². The highest BCUT2D eigenvalue weighted by Crippen LogP contribution is 2.35. The predicted octanol–water partition coefficient (Wildman–Crippen LogP) is 10.8. The van der Waals surface area contributed by atoms with Crippen LogP contribution in [0.25, 0.3) is 0 Å². The van der Waals surface area contributed by atoms with Gasteiger partial charge in [-0.2, -0.15) is 0 Å². The molecule has 0 amide bonds. The minimum absolute atomic E-state index is 0.644. The topological polar surface area (TPSA) is 111 Å². The Morgan fingerprint density at radius 1 is 0.268 bits per heavy atom. The zero-order chi connectivity index (χ0) is 44.0. The fourth-order valence-electron chi connectivity index (χ4n) is 7.58. The molecule has 3 unspecified atom stereocenters. The fourth-order valence-corrected chi connectivity index (χ4v) is 58.2. The van der Waals surface area contributed by atoms with Gasteiger partial charge in [0.1, 0.15) is 0 Å². The zero-order valence-corrected chi connectivity index (χ0v) is 50.4. The standard InChI is InChI=1S/C34H90O12Si10/c1-23-35-29-26-32-54(20,39-48(7,8)9)45-56(22,34-28-31-37-25-3)46-55(21,33-27-30-36-24-2)44-53(18,19)43-52(16,17)42-51(14,15)41-50(12,13)40-49(10,11)38-47(4,5)6/h23-34H2,1-22H3. The van der Waals surface area contributed by atoms with Crippen LogP contribution in [-0.2, 0) is 51.2 Å². The molecule has 0 rings (SSSR count). The second-order valence-corrected chi connectivity index (χ2v) is 57.5. The number of hydrogen-bond donors (Lipinski definition) is 0. The molecule has 0 N–H and O–H groups in total. The van der Waals surface area contributed by atoms with Crippen molar-refractivity contribution in [2.75, 3.05) is 39.6 Å². The van der Waals surface area contributed by atoms with Gasteiger partial charge in [0.25, 0.3) is 0 Å². The summed E-state index contributed by atoms with van der Waals surface area (Å²) in [6.07, 6.45) is 2.55. The first-order valence-corrected chi connectivity index (χ1v) is 49.6. The third kappa shape index (κ3) is 28.3. The Morgan fingerprint density at radius 2 is 0.500 bits per heavy atom. The largest absolute Gasteiger partial charge is 0.437 e. The Kier molecular flexibility index (Phi) is 24.7. The summed E-state index contributed by atoms with van der Waals surface area (Å²) in [4.78, 5) is 0. The Balaban J connectivity index is 6.53. The average Bonchev–Trinajstić information content (AvgIpc) is 2.90. The lowest BCUT2D eigenvalue weighted by Crippen LogP contribution is -2.63. The molecular formula is C34H90O12Si10. The summed E-state index contributed by atoms with van der Waals surface area (Å²) in [5.41, 5.74) is 0. The molecule has 0 spiro atoms. The van der Waals surface area contributed by atoms with Crippen LogP contribution in [0.15, 0.2) is 0 Å². The van der Waals surface area contributed by atoms with E-state index in [1.54, 1.807) is 0 Å². The highest BCUT2D eigenvalue weighted by Gasteiger charge is 2.53. The lowest BCUT2D eigenvalue weighted by Gasteiger charge is -2.46. The van der Waals surface area contributed by atoms with E-state index in [-0.39, 0.29) is 0 Å². The van der Waals surface area contributed by atoms with Crippen LogP contribution in [0.3, 0.4) is 0 Å². The Morgan fingerprint density at radius 3 is 0.768 bits per heavy atom. The first kappa shape index (κ1) is 57.7. The van der Waals surface area contributed by atoms with E-state index in [2.05, 4.69) is 124 Å². The van der Waals surface area contributed by atoms with Crippen LogP contribution in [0, 0.1) is 0 Å². The smallest absolute Gasteiger partial charge is 0.317 e. The maximum Gasteiger partial charge on any atom is 0.317 e. The summed E-state index contributed by atoms with van der Waals surface area (Å²) in [6, 6.07) is 2.38. The van der Waals surface area contributed by atoms with E-state index in [1.807, 2.05) is 20.8 Å². The molecule has 0 aliphatic rings. The van der Waals surface area contributed by atoms with Crippen molar-refractivity contribution in [3.8, 4) is 0 Å². The van der Waals surface area contributed by atoms with E-state index >= 15 is 0 Å². The van der Waals surface area contributed by atoms with Gasteiger partial charge >= 0.3 is 68.5 Å². The molecule has 0 saturated carbocycles. The summed E-state index contributed by atoms with van der Waals surface area (Å²) in [6.45, 7) is 51.1. The van der Waals surface area contributed by atoms with E-state index in [1.165, 1.54) is 0 Å². The van der Waals surface area contributed by atoms with Crippen molar-refractivity contribution >= 4 is 85.1 Å². The van der Waals surface area contributed by atoms with Crippen molar-refractivity contribution < 1.29 is 51.2 Å². The molecule has 0 heterocycles. The first-order valence-electron chi connectivity index (χ1n) is 21.1. The lowest BCUT2D eigenvalue weighted by atomic mass is 10.5. The van der Waals surface area contributed by atoms with Gasteiger partial charge in [0.2, 0.25) is 0 Å². The molecule has 56 heavy (non-hydrogen) atoms. The van der Waals surface area contributed by atoms with Crippen molar-refractivity contribution in [1.82, 2.24) is 0 Å². The molecule has 0 aromatic heterocycles. The lowest BCUT2D eigenvalue weighted by molar-refractivity contribution is 0.143. The Bertz CT molecular complexity index is 1110. The van der Waals surface area contributed by atoms with Crippen molar-refractivity contribution in [3.05, 3.63) is 0 Å². The molecule has 3 atom stereocenters. The van der Waals surface area contributed by atoms with Gasteiger partial charge in [-0.15, -0.1) is 0 Å². The van der Waals surface area contributed by atoms with Gasteiger partial charge < -0.3 is 51.2 Å². The van der Waals surface area contributed by atoms with E-state index in [0.717, 1.165) is 37.4 Å². The van der Waals surface area contributed by atoms with Gasteiger partial charge in [-0.25, -0.2) is 0 Å². The summed E-state index contributed by atoms with van der Waals surface area (Å²) < 4.78 is 80.5. The average molecular weight is 972 g/mol. The van der Waals surface area contributed by atoms with Crippen molar-refractivity contribution in [2.24, 2.45) is 0 Å². The first-order chi connectivity index (χ1) is 25.0. The number of ether oxygens (including phenoxy) is 3. The second-order valence-electron chi connectivity index (χ2n) is 19.4. The van der Waals surface area contributed by atoms with Gasteiger partial charge in [-0.1, -0.05) is 0 Å². The Labute approximate surface area is 356 Å². The molecule has 0 fully saturated rings. The van der Waals surface area contributed by atoms with Gasteiger partial charge in [0.15, 0.2) is 16.6 Å². The van der Waals surface area contributed by atoms with E-state index in [4.69, 9.17) is 51.2 Å². The highest BCUT2D eigenvalue weighted by atomic mass is 28.5. The SMILES string of the molecule is CCOCCC[Si](C)(O[Si](C)(C)C)O[Si](C)(CCCOCC)O[Si](C)(CCCOCC)O[Si](C)(C)O[Si](C)(C)O[Si](C)(C)O[Si](C)(C)O[Si](C)(C)O[Si](C)(C)C. The monoisotopic (exact) mass is 970 g/mol. The number of rotatable bonds is 33. The summed E-state index contributed by atoms with van der Waals surface area (Å²) in [5, 5.41) is 0. The van der Waals surface area contributed by atoms with Gasteiger partial charge in [-0.3, -0.25) is 0 Å². The number of hydrogen-bond acceptors (Lipinski definition) is 12. The minimum Gasteiger partial charge on any atom is -0.437 e. The van der Waals surface area contributed by atoms with Crippen LogP contribution in [0.4, 0.5) is 0 Å². The fraction of sp³-hybridized carbons (Fsp3) is 1.00. The summed E-state index contributed by atoms with van der Waals surface area (Å²) in [7, 11) is -25.6. The van der Waals surface area contributed by atoms with Crippen LogP contribution in [0.5, 0.6) is 0 Å². The highest BCUT2D eigenvalue weighted by molar-refractivity contribution is 6.93. The maximum absolute atomic E-state index is 7.48. The molecule has 0 aromatic rings. The summed E-state index contributed by atoms with van der Waals surface area (Å²) in [5.74, 6) is 0. The van der Waals surface area contributed by atoms with Crippen LogP contribution < -0.4 is 0 Å². The van der Waals surface area contributed by atoms with Crippen molar-refractivity contribution in [1.29, 1.82) is 0 Å². The van der Waals surface area contributed by atoms with Gasteiger partial charge in [0.05, 0.1) is 0 Å². The van der Waals surface area contributed by atoms with E-state index in [0.29, 0.717) is 39.6 Å². The van der Waals surface area contributed by atoms with Crippen LogP contribution in [-0.4, -0.2) is 125 Å². The molecular weight excluding hydrogens is 881 g/mol. The van der Waals surface area contributed by atoms with Crippen molar-refractivity contribution in [2.45, 2.75) is 183 Å². The molecule has 0 aromatic carbocycles. The Hall–Kier alpha value is 1.69. The van der Waals surface area contributed by atoms with Gasteiger partial charge in [-0.05, 0) is 183 Å². The molecule has 0 bridgehead atoms. The van der Waals surface area contributed by atoms with Crippen molar-refractivity contribution in [3.63, 3.8) is 0 Å². The second kappa shape index (κ2) is 23.9. The normalized spacial score (nSPS) is 17.5. The molecule has 0 aliphatic carbocycles. The quantitative estimate of drug-likeness (QED) is 0.0461. The van der Waals surface area contributed by atoms with Crippen LogP contribution in [0.1, 0.15) is 40.0 Å². The zero-order valence-electron chi connectivity index (χ0n) is 40.4.